The zero-order valence-corrected chi connectivity index (χ0v) is 13.1. The number of aromatic nitrogens is 2. The van der Waals surface area contributed by atoms with Crippen LogP contribution in [-0.4, -0.2) is 39.0 Å². The van der Waals surface area contributed by atoms with Gasteiger partial charge in [0.25, 0.3) is 0 Å². The van der Waals surface area contributed by atoms with Crippen LogP contribution in [0.15, 0.2) is 12.3 Å². The highest BCUT2D eigenvalue weighted by atomic mass is 16.3. The topological polar surface area (TPSA) is 41.3 Å². The molecule has 0 saturated heterocycles. The lowest BCUT2D eigenvalue weighted by Crippen LogP contribution is -2.35. The highest BCUT2D eigenvalue weighted by Crippen LogP contribution is 2.28. The van der Waals surface area contributed by atoms with E-state index in [2.05, 4.69) is 21.8 Å². The summed E-state index contributed by atoms with van der Waals surface area (Å²) < 4.78 is 2.19. The van der Waals surface area contributed by atoms with Gasteiger partial charge in [-0.05, 0) is 31.7 Å². The van der Waals surface area contributed by atoms with Crippen molar-refractivity contribution in [3.05, 3.63) is 18.0 Å². The van der Waals surface area contributed by atoms with Crippen LogP contribution in [0.25, 0.3) is 0 Å². The average Bonchev–Trinajstić information content (AvgIpc) is 3.19. The first-order valence-corrected chi connectivity index (χ1v) is 8.76. The zero-order chi connectivity index (χ0) is 14.5. The number of aliphatic hydroxyl groups excluding tert-OH is 1. The molecule has 21 heavy (non-hydrogen) atoms. The van der Waals surface area contributed by atoms with E-state index in [4.69, 9.17) is 5.10 Å². The Morgan fingerprint density at radius 2 is 1.81 bits per heavy atom. The fraction of sp³-hybridized carbons (Fsp3) is 0.824. The van der Waals surface area contributed by atoms with Crippen LogP contribution >= 0.6 is 0 Å². The lowest BCUT2D eigenvalue weighted by atomic mass is 9.96. The van der Waals surface area contributed by atoms with Gasteiger partial charge in [0.05, 0.1) is 18.3 Å². The molecule has 0 unspecified atom stereocenters. The predicted octanol–water partition coefficient (Wildman–Crippen LogP) is 3.13. The smallest absolute Gasteiger partial charge is 0.0765 e. The Balaban J connectivity index is 1.61. The molecular weight excluding hydrogens is 262 g/mol. The Morgan fingerprint density at radius 1 is 1.10 bits per heavy atom. The fourth-order valence-corrected chi connectivity index (χ4v) is 4.01. The third-order valence-corrected chi connectivity index (χ3v) is 5.21. The van der Waals surface area contributed by atoms with Crippen molar-refractivity contribution in [2.75, 3.05) is 13.2 Å². The fourth-order valence-electron chi connectivity index (χ4n) is 4.01. The van der Waals surface area contributed by atoms with Gasteiger partial charge in [0.15, 0.2) is 0 Å². The van der Waals surface area contributed by atoms with Crippen molar-refractivity contribution in [3.8, 4) is 0 Å². The van der Waals surface area contributed by atoms with Crippen molar-refractivity contribution < 1.29 is 5.11 Å². The summed E-state index contributed by atoms with van der Waals surface area (Å²) in [5.74, 6) is 0. The Morgan fingerprint density at radius 3 is 2.52 bits per heavy atom. The molecule has 1 aromatic rings. The van der Waals surface area contributed by atoms with E-state index in [1.165, 1.54) is 63.5 Å². The first kappa shape index (κ1) is 15.0. The summed E-state index contributed by atoms with van der Waals surface area (Å²) in [4.78, 5) is 2.43. The molecule has 0 aliphatic heterocycles. The highest BCUT2D eigenvalue weighted by Gasteiger charge is 2.23. The molecule has 0 bridgehead atoms. The molecule has 0 aromatic carbocycles. The van der Waals surface area contributed by atoms with E-state index in [1.807, 2.05) is 0 Å². The molecular formula is C17H29N3O. The van der Waals surface area contributed by atoms with Gasteiger partial charge in [-0.25, -0.2) is 0 Å². The minimum Gasteiger partial charge on any atom is -0.395 e. The second-order valence-electron chi connectivity index (χ2n) is 6.71. The number of hydrogen-bond donors (Lipinski definition) is 1. The van der Waals surface area contributed by atoms with E-state index in [-0.39, 0.29) is 6.61 Å². The maximum atomic E-state index is 9.32. The minimum atomic E-state index is 0.250. The lowest BCUT2D eigenvalue weighted by molar-refractivity contribution is 0.143. The largest absolute Gasteiger partial charge is 0.395 e. The second-order valence-corrected chi connectivity index (χ2v) is 6.71. The average molecular weight is 291 g/mol. The summed E-state index contributed by atoms with van der Waals surface area (Å²) in [5.41, 5.74) is 1.17. The zero-order valence-electron chi connectivity index (χ0n) is 13.1. The molecule has 1 N–H and O–H groups in total. The first-order chi connectivity index (χ1) is 10.4. The molecule has 1 heterocycles. The van der Waals surface area contributed by atoms with E-state index >= 15 is 0 Å². The molecule has 0 atom stereocenters. The molecule has 2 aliphatic carbocycles. The van der Waals surface area contributed by atoms with Crippen LogP contribution in [0.3, 0.4) is 0 Å². The molecule has 4 heteroatoms. The van der Waals surface area contributed by atoms with Gasteiger partial charge in [-0.15, -0.1) is 0 Å². The Bertz CT molecular complexity index is 419. The Kier molecular flexibility index (Phi) is 5.31. The molecule has 0 radical (unpaired) electrons. The predicted molar refractivity (Wildman–Crippen MR) is 84.1 cm³/mol. The van der Waals surface area contributed by atoms with Gasteiger partial charge >= 0.3 is 0 Å². The quantitative estimate of drug-likeness (QED) is 0.875. The van der Waals surface area contributed by atoms with E-state index < -0.39 is 0 Å². The van der Waals surface area contributed by atoms with Gasteiger partial charge in [0.2, 0.25) is 0 Å². The number of rotatable bonds is 6. The van der Waals surface area contributed by atoms with E-state index in [9.17, 15) is 5.11 Å². The monoisotopic (exact) mass is 291 g/mol. The summed E-state index contributed by atoms with van der Waals surface area (Å²) in [6.45, 7) is 1.92. The standard InChI is InChI=1S/C17H29N3O/c21-13-12-19(16-6-4-5-7-16)14-15-10-11-20(18-15)17-8-2-1-3-9-17/h10-11,16-17,21H,1-9,12-14H2. The lowest BCUT2D eigenvalue weighted by Gasteiger charge is -2.27. The van der Waals surface area contributed by atoms with Crippen molar-refractivity contribution >= 4 is 0 Å². The summed E-state index contributed by atoms with van der Waals surface area (Å²) in [7, 11) is 0. The molecule has 3 rings (SSSR count). The number of hydrogen-bond acceptors (Lipinski definition) is 3. The molecule has 4 nitrogen and oxygen atoms in total. The molecule has 118 valence electrons. The van der Waals surface area contributed by atoms with Crippen LogP contribution in [0.5, 0.6) is 0 Å². The molecule has 2 aliphatic rings. The SMILES string of the molecule is OCCN(Cc1ccn(C2CCCCC2)n1)C1CCCC1. The third kappa shape index (κ3) is 3.86. The second kappa shape index (κ2) is 7.41. The third-order valence-electron chi connectivity index (χ3n) is 5.21. The van der Waals surface area contributed by atoms with Crippen LogP contribution in [0, 0.1) is 0 Å². The summed E-state index contributed by atoms with van der Waals surface area (Å²) in [6, 6.07) is 3.44. The molecule has 0 spiro atoms. The maximum absolute atomic E-state index is 9.32. The number of aliphatic hydroxyl groups is 1. The van der Waals surface area contributed by atoms with Gasteiger partial charge in [0, 0.05) is 25.3 Å². The van der Waals surface area contributed by atoms with Crippen LogP contribution < -0.4 is 0 Å². The van der Waals surface area contributed by atoms with Crippen molar-refractivity contribution in [1.82, 2.24) is 14.7 Å². The molecule has 2 fully saturated rings. The Labute approximate surface area is 128 Å². The normalized spacial score (nSPS) is 21.4. The van der Waals surface area contributed by atoms with E-state index in [1.54, 1.807) is 0 Å². The minimum absolute atomic E-state index is 0.250. The van der Waals surface area contributed by atoms with Gasteiger partial charge in [-0.2, -0.15) is 5.10 Å². The molecule has 2 saturated carbocycles. The van der Waals surface area contributed by atoms with Gasteiger partial charge in [-0.3, -0.25) is 9.58 Å². The van der Waals surface area contributed by atoms with Crippen LogP contribution in [0.4, 0.5) is 0 Å². The number of nitrogens with zero attached hydrogens (tertiary/aromatic N) is 3. The molecule has 1 aromatic heterocycles. The first-order valence-electron chi connectivity index (χ1n) is 8.76. The van der Waals surface area contributed by atoms with E-state index in [0.717, 1.165) is 13.1 Å². The molecule has 0 amide bonds. The van der Waals surface area contributed by atoms with E-state index in [0.29, 0.717) is 12.1 Å². The van der Waals surface area contributed by atoms with Gasteiger partial charge in [0.1, 0.15) is 0 Å². The highest BCUT2D eigenvalue weighted by molar-refractivity contribution is 5.01. The van der Waals surface area contributed by atoms with Gasteiger partial charge < -0.3 is 5.11 Å². The van der Waals surface area contributed by atoms with Crippen molar-refractivity contribution in [2.24, 2.45) is 0 Å². The summed E-state index contributed by atoms with van der Waals surface area (Å²) in [5, 5.41) is 14.1. The summed E-state index contributed by atoms with van der Waals surface area (Å²) >= 11 is 0. The van der Waals surface area contributed by atoms with Gasteiger partial charge in [-0.1, -0.05) is 32.1 Å². The van der Waals surface area contributed by atoms with Crippen LogP contribution in [-0.2, 0) is 6.54 Å². The maximum Gasteiger partial charge on any atom is 0.0765 e. The van der Waals surface area contributed by atoms with Crippen LogP contribution in [0.1, 0.15) is 69.5 Å². The van der Waals surface area contributed by atoms with Crippen LogP contribution in [0.2, 0.25) is 0 Å². The van der Waals surface area contributed by atoms with Crippen molar-refractivity contribution in [2.45, 2.75) is 76.4 Å². The summed E-state index contributed by atoms with van der Waals surface area (Å²) in [6.07, 6.45) is 14.0. The Hall–Kier alpha value is -0.870. The van der Waals surface area contributed by atoms with Crippen molar-refractivity contribution in [1.29, 1.82) is 0 Å². The van der Waals surface area contributed by atoms with Crippen molar-refractivity contribution in [3.63, 3.8) is 0 Å².